The first-order valence-electron chi connectivity index (χ1n) is 3.79. The molecule has 0 saturated carbocycles. The Hall–Kier alpha value is -0.0600. The van der Waals surface area contributed by atoms with Gasteiger partial charge in [-0.2, -0.15) is 0 Å². The quantitative estimate of drug-likeness (QED) is 0.759. The van der Waals surface area contributed by atoms with Gasteiger partial charge >= 0.3 is 0 Å². The zero-order valence-corrected chi connectivity index (χ0v) is 9.84. The largest absolute Gasteiger partial charge is 0.238 e. The number of halogens is 1. The molecule has 0 radical (unpaired) electrons. The van der Waals surface area contributed by atoms with Gasteiger partial charge in [0.15, 0.2) is 0 Å². The summed E-state index contributed by atoms with van der Waals surface area (Å²) in [5, 5.41) is 1.92. The van der Waals surface area contributed by atoms with Gasteiger partial charge in [-0.15, -0.1) is 11.3 Å². The van der Waals surface area contributed by atoms with Crippen molar-refractivity contribution in [2.24, 2.45) is 0 Å². The van der Waals surface area contributed by atoms with Crippen molar-refractivity contribution in [3.63, 3.8) is 0 Å². The molecule has 2 nitrogen and oxygen atoms in total. The van der Waals surface area contributed by atoms with E-state index >= 15 is 0 Å². The van der Waals surface area contributed by atoms with Crippen molar-refractivity contribution in [2.75, 3.05) is 0 Å². The summed E-state index contributed by atoms with van der Waals surface area (Å²) >= 11 is 1.54. The predicted molar refractivity (Wildman–Crippen MR) is 56.9 cm³/mol. The third-order valence-electron chi connectivity index (χ3n) is 1.84. The lowest BCUT2D eigenvalue weighted by atomic mass is 10.1. The second-order valence-electron chi connectivity index (χ2n) is 3.45. The number of thiophene rings is 1. The second kappa shape index (κ2) is 3.59. The van der Waals surface area contributed by atoms with Gasteiger partial charge in [0.2, 0.25) is 9.05 Å². The van der Waals surface area contributed by atoms with Gasteiger partial charge in [-0.3, -0.25) is 0 Å². The smallest absolute Gasteiger partial charge is 0.212 e. The van der Waals surface area contributed by atoms with E-state index in [1.54, 1.807) is 25.2 Å². The Bertz CT molecular complexity index is 365. The predicted octanol–water partition coefficient (Wildman–Crippen LogP) is 2.64. The lowest BCUT2D eigenvalue weighted by Gasteiger charge is -2.19. The van der Waals surface area contributed by atoms with Crippen molar-refractivity contribution in [1.29, 1.82) is 0 Å². The average Bonchev–Trinajstić information content (AvgIpc) is 2.35. The topological polar surface area (TPSA) is 34.1 Å². The van der Waals surface area contributed by atoms with Crippen LogP contribution in [0.15, 0.2) is 17.5 Å². The molecule has 74 valence electrons. The van der Waals surface area contributed by atoms with Crippen molar-refractivity contribution in [3.05, 3.63) is 22.4 Å². The first kappa shape index (κ1) is 11.0. The Labute approximate surface area is 87.0 Å². The minimum Gasteiger partial charge on any atom is -0.212 e. The second-order valence-corrected chi connectivity index (χ2v) is 7.69. The molecule has 0 aliphatic rings. The van der Waals surface area contributed by atoms with E-state index in [9.17, 15) is 8.42 Å². The SMILES string of the molecule is CC(C)(Cc1cccs1)S(=O)(=O)Cl. The zero-order valence-electron chi connectivity index (χ0n) is 7.45. The van der Waals surface area contributed by atoms with E-state index in [4.69, 9.17) is 10.7 Å². The molecule has 0 bridgehead atoms. The Kier molecular flexibility index (Phi) is 3.05. The highest BCUT2D eigenvalue weighted by Crippen LogP contribution is 2.27. The van der Waals surface area contributed by atoms with Crippen molar-refractivity contribution in [1.82, 2.24) is 0 Å². The summed E-state index contributed by atoms with van der Waals surface area (Å²) in [5.41, 5.74) is 0. The fraction of sp³-hybridized carbons (Fsp3) is 0.500. The highest BCUT2D eigenvalue weighted by atomic mass is 35.7. The van der Waals surface area contributed by atoms with Crippen LogP contribution in [0, 0.1) is 0 Å². The molecule has 0 aliphatic heterocycles. The lowest BCUT2D eigenvalue weighted by molar-refractivity contribution is 0.560. The molecule has 5 heteroatoms. The van der Waals surface area contributed by atoms with Gasteiger partial charge in [0.05, 0.1) is 4.75 Å². The third-order valence-corrected chi connectivity index (χ3v) is 5.43. The van der Waals surface area contributed by atoms with Crippen LogP contribution in [-0.2, 0) is 15.5 Å². The number of hydrogen-bond donors (Lipinski definition) is 0. The molecule has 0 spiro atoms. The van der Waals surface area contributed by atoms with E-state index in [0.717, 1.165) is 4.88 Å². The first-order chi connectivity index (χ1) is 5.83. The van der Waals surface area contributed by atoms with Crippen molar-refractivity contribution < 1.29 is 8.42 Å². The highest BCUT2D eigenvalue weighted by Gasteiger charge is 2.32. The van der Waals surface area contributed by atoms with Gasteiger partial charge in [0.1, 0.15) is 0 Å². The molecule has 1 heterocycles. The summed E-state index contributed by atoms with van der Waals surface area (Å²) in [4.78, 5) is 1.04. The molecule has 1 rings (SSSR count). The molecule has 0 unspecified atom stereocenters. The van der Waals surface area contributed by atoms with Gasteiger partial charge in [-0.1, -0.05) is 6.07 Å². The van der Waals surface area contributed by atoms with Crippen LogP contribution in [0.3, 0.4) is 0 Å². The monoisotopic (exact) mass is 238 g/mol. The minimum absolute atomic E-state index is 0.469. The maximum absolute atomic E-state index is 11.1. The molecule has 0 N–H and O–H groups in total. The van der Waals surface area contributed by atoms with Gasteiger partial charge in [0.25, 0.3) is 0 Å². The molecule has 0 atom stereocenters. The molecule has 0 amide bonds. The lowest BCUT2D eigenvalue weighted by Crippen LogP contribution is -2.30. The van der Waals surface area contributed by atoms with Gasteiger partial charge in [-0.25, -0.2) is 8.42 Å². The average molecular weight is 239 g/mol. The number of rotatable bonds is 3. The summed E-state index contributed by atoms with van der Waals surface area (Å²) in [6.07, 6.45) is 0.469. The molecular weight excluding hydrogens is 228 g/mol. The van der Waals surface area contributed by atoms with Crippen LogP contribution >= 0.6 is 22.0 Å². The first-order valence-corrected chi connectivity index (χ1v) is 6.98. The summed E-state index contributed by atoms with van der Waals surface area (Å²) in [6, 6.07) is 3.81. The molecule has 0 fully saturated rings. The number of hydrogen-bond acceptors (Lipinski definition) is 3. The van der Waals surface area contributed by atoms with Crippen LogP contribution in [0.2, 0.25) is 0 Å². The van der Waals surface area contributed by atoms with Crippen LogP contribution in [0.25, 0.3) is 0 Å². The molecule has 13 heavy (non-hydrogen) atoms. The van der Waals surface area contributed by atoms with E-state index in [1.165, 1.54) is 0 Å². The highest BCUT2D eigenvalue weighted by molar-refractivity contribution is 8.14. The van der Waals surface area contributed by atoms with Gasteiger partial charge < -0.3 is 0 Å². The van der Waals surface area contributed by atoms with Crippen molar-refractivity contribution in [3.8, 4) is 0 Å². The fourth-order valence-electron chi connectivity index (χ4n) is 0.919. The summed E-state index contributed by atoms with van der Waals surface area (Å²) in [5.74, 6) is 0. The van der Waals surface area contributed by atoms with E-state index in [2.05, 4.69) is 0 Å². The van der Waals surface area contributed by atoms with Crippen LogP contribution in [-0.4, -0.2) is 13.2 Å². The van der Waals surface area contributed by atoms with E-state index in [0.29, 0.717) is 6.42 Å². The summed E-state index contributed by atoms with van der Waals surface area (Å²) in [7, 11) is 1.82. The van der Waals surface area contributed by atoms with Crippen molar-refractivity contribution in [2.45, 2.75) is 25.0 Å². The molecule has 1 aromatic rings. The van der Waals surface area contributed by atoms with Crippen LogP contribution < -0.4 is 0 Å². The molecule has 0 aromatic carbocycles. The Balaban J connectivity index is 2.86. The maximum atomic E-state index is 11.1. The summed E-state index contributed by atoms with van der Waals surface area (Å²) in [6.45, 7) is 3.27. The van der Waals surface area contributed by atoms with Crippen LogP contribution in [0.1, 0.15) is 18.7 Å². The van der Waals surface area contributed by atoms with E-state index in [1.807, 2.05) is 17.5 Å². The Morgan fingerprint density at radius 1 is 1.54 bits per heavy atom. The van der Waals surface area contributed by atoms with E-state index in [-0.39, 0.29) is 0 Å². The molecule has 1 aromatic heterocycles. The Morgan fingerprint density at radius 2 is 2.15 bits per heavy atom. The van der Waals surface area contributed by atoms with Gasteiger partial charge in [0, 0.05) is 22.0 Å². The van der Waals surface area contributed by atoms with Crippen LogP contribution in [0.5, 0.6) is 0 Å². The molecule has 0 aliphatic carbocycles. The fourth-order valence-corrected chi connectivity index (χ4v) is 2.44. The molecule has 0 saturated heterocycles. The Morgan fingerprint density at radius 3 is 2.54 bits per heavy atom. The van der Waals surface area contributed by atoms with Crippen molar-refractivity contribution >= 4 is 31.1 Å². The maximum Gasteiger partial charge on any atom is 0.238 e. The standard InChI is InChI=1S/C8H11ClO2S2/c1-8(2,13(9,10)11)6-7-4-3-5-12-7/h3-5H,6H2,1-2H3. The molecular formula is C8H11ClO2S2. The van der Waals surface area contributed by atoms with Crippen LogP contribution in [0.4, 0.5) is 0 Å². The van der Waals surface area contributed by atoms with E-state index < -0.39 is 13.8 Å². The third kappa shape index (κ3) is 2.69. The normalized spacial score (nSPS) is 13.2. The summed E-state index contributed by atoms with van der Waals surface area (Å²) < 4.78 is 21.4. The van der Waals surface area contributed by atoms with Gasteiger partial charge in [-0.05, 0) is 25.3 Å². The zero-order chi connectivity index (χ0) is 10.1. The minimum atomic E-state index is -3.50.